The van der Waals surface area contributed by atoms with Gasteiger partial charge in [0.15, 0.2) is 0 Å². The number of aromatic amines is 1. The molecule has 0 amide bonds. The summed E-state index contributed by atoms with van der Waals surface area (Å²) in [6.45, 7) is 1.04. The van der Waals surface area contributed by atoms with E-state index >= 15 is 8.78 Å². The lowest BCUT2D eigenvalue weighted by Gasteiger charge is -2.23. The summed E-state index contributed by atoms with van der Waals surface area (Å²) >= 11 is 0. The molecule has 216 valence electrons. The van der Waals surface area contributed by atoms with Gasteiger partial charge in [-0.3, -0.25) is 4.99 Å². The standard InChI is InChI=1S/C36H33F2N5/c37-36(38)27-13-20(19-4-8-29-23(11-19)15-30(42-29)33-22-1-5-24(12-22)41-33)2-6-25(27)26-7-3-21(14-28(26)36)32-17-39-34(43-32)31-16-35(9-10-35)18-40-31/h2-4,6-8,11,13-14,17,22,24,31,33,40-41H,1,5,9-10,12,15-16,18H2,(H,39,43)/t22-,24+,31-,33-/m0/s1. The number of aromatic nitrogens is 2. The van der Waals surface area contributed by atoms with Crippen LogP contribution in [0.25, 0.3) is 33.5 Å². The van der Waals surface area contributed by atoms with Crippen LogP contribution in [0.2, 0.25) is 0 Å². The molecule has 4 heterocycles. The van der Waals surface area contributed by atoms with Gasteiger partial charge in [-0.25, -0.2) is 4.98 Å². The molecule has 43 heavy (non-hydrogen) atoms. The van der Waals surface area contributed by atoms with E-state index in [0.717, 1.165) is 53.3 Å². The van der Waals surface area contributed by atoms with E-state index in [1.54, 1.807) is 18.3 Å². The van der Waals surface area contributed by atoms with E-state index in [1.807, 2.05) is 30.3 Å². The highest BCUT2D eigenvalue weighted by Gasteiger charge is 2.49. The minimum absolute atomic E-state index is 0.0644. The van der Waals surface area contributed by atoms with Crippen LogP contribution in [0.15, 0.2) is 65.8 Å². The number of nitrogens with one attached hydrogen (secondary N) is 3. The lowest BCUT2D eigenvalue weighted by atomic mass is 9.92. The maximum atomic E-state index is 16.1. The van der Waals surface area contributed by atoms with Crippen LogP contribution in [0.4, 0.5) is 14.5 Å². The Labute approximate surface area is 249 Å². The largest absolute Gasteiger partial charge is 0.341 e. The number of H-pyrrole nitrogens is 1. The molecule has 3 aliphatic heterocycles. The summed E-state index contributed by atoms with van der Waals surface area (Å²) in [6.07, 6.45) is 10.1. The molecule has 2 bridgehead atoms. The zero-order valence-corrected chi connectivity index (χ0v) is 23.9. The number of piperidine rings is 1. The van der Waals surface area contributed by atoms with E-state index in [2.05, 4.69) is 32.7 Å². The van der Waals surface area contributed by atoms with Gasteiger partial charge in [0.05, 0.1) is 23.6 Å². The number of fused-ring (bicyclic) bond motifs is 6. The van der Waals surface area contributed by atoms with Gasteiger partial charge < -0.3 is 15.6 Å². The highest BCUT2D eigenvalue weighted by atomic mass is 19.3. The second-order valence-corrected chi connectivity index (χ2v) is 14.0. The van der Waals surface area contributed by atoms with Crippen molar-refractivity contribution in [1.82, 2.24) is 20.6 Å². The molecule has 7 heteroatoms. The monoisotopic (exact) mass is 573 g/mol. The van der Waals surface area contributed by atoms with Crippen molar-refractivity contribution < 1.29 is 8.78 Å². The summed E-state index contributed by atoms with van der Waals surface area (Å²) < 4.78 is 32.2. The van der Waals surface area contributed by atoms with Gasteiger partial charge in [-0.15, -0.1) is 0 Å². The molecule has 10 rings (SSSR count). The van der Waals surface area contributed by atoms with Crippen LogP contribution in [0.1, 0.15) is 67.1 Å². The molecule has 1 aromatic heterocycles. The molecular formula is C36H33F2N5. The molecule has 2 saturated heterocycles. The number of halogens is 2. The summed E-state index contributed by atoms with van der Waals surface area (Å²) in [5.74, 6) is -1.48. The number of nitrogens with zero attached hydrogens (tertiary/aromatic N) is 2. The molecule has 4 aromatic rings. The van der Waals surface area contributed by atoms with Gasteiger partial charge in [0.1, 0.15) is 5.82 Å². The Balaban J connectivity index is 0.927. The number of hydrogen-bond acceptors (Lipinski definition) is 4. The Morgan fingerprint density at radius 3 is 2.37 bits per heavy atom. The predicted octanol–water partition coefficient (Wildman–Crippen LogP) is 7.45. The quantitative estimate of drug-likeness (QED) is 0.238. The van der Waals surface area contributed by atoms with Crippen molar-refractivity contribution in [2.45, 2.75) is 69.0 Å². The number of aliphatic imine (C=N–C) groups is 1. The second kappa shape index (κ2) is 8.48. The summed E-state index contributed by atoms with van der Waals surface area (Å²) in [4.78, 5) is 13.0. The molecule has 6 aliphatic rings. The molecule has 4 fully saturated rings. The van der Waals surface area contributed by atoms with Crippen molar-refractivity contribution >= 4 is 11.4 Å². The molecule has 4 atom stereocenters. The van der Waals surface area contributed by atoms with Crippen LogP contribution in [0, 0.1) is 11.3 Å². The topological polar surface area (TPSA) is 65.1 Å². The van der Waals surface area contributed by atoms with Crippen LogP contribution in [0.3, 0.4) is 0 Å². The highest BCUT2D eigenvalue weighted by Crippen LogP contribution is 2.55. The Morgan fingerprint density at radius 2 is 1.63 bits per heavy atom. The van der Waals surface area contributed by atoms with Gasteiger partial charge in [0, 0.05) is 47.5 Å². The van der Waals surface area contributed by atoms with E-state index in [0.29, 0.717) is 34.5 Å². The average Bonchev–Trinajstić information content (AvgIpc) is 3.68. The number of benzene rings is 3. The molecule has 0 unspecified atom stereocenters. The van der Waals surface area contributed by atoms with Crippen molar-refractivity contribution in [2.75, 3.05) is 6.54 Å². The minimum atomic E-state index is -3.08. The first kappa shape index (κ1) is 24.7. The molecule has 0 radical (unpaired) electrons. The van der Waals surface area contributed by atoms with Gasteiger partial charge in [-0.1, -0.05) is 30.3 Å². The first-order valence-electron chi connectivity index (χ1n) is 15.9. The van der Waals surface area contributed by atoms with E-state index in [9.17, 15) is 0 Å². The summed E-state index contributed by atoms with van der Waals surface area (Å²) in [6, 6.07) is 18.4. The Hall–Kier alpha value is -3.68. The fourth-order valence-corrected chi connectivity index (χ4v) is 8.71. The molecule has 1 spiro atoms. The Bertz CT molecular complexity index is 1870. The Morgan fingerprint density at radius 1 is 0.860 bits per heavy atom. The zero-order chi connectivity index (χ0) is 28.5. The third-order valence-corrected chi connectivity index (χ3v) is 11.3. The second-order valence-electron chi connectivity index (χ2n) is 14.0. The van der Waals surface area contributed by atoms with Gasteiger partial charge >= 0.3 is 0 Å². The number of imidazole rings is 1. The number of hydrogen-bond donors (Lipinski definition) is 3. The third kappa shape index (κ3) is 3.67. The van der Waals surface area contributed by atoms with Gasteiger partial charge in [0.25, 0.3) is 5.92 Å². The van der Waals surface area contributed by atoms with Crippen molar-refractivity contribution in [2.24, 2.45) is 16.3 Å². The average molecular weight is 574 g/mol. The zero-order valence-electron chi connectivity index (χ0n) is 23.9. The van der Waals surface area contributed by atoms with E-state index in [-0.39, 0.29) is 17.2 Å². The minimum Gasteiger partial charge on any atom is -0.341 e. The molecule has 3 aliphatic carbocycles. The van der Waals surface area contributed by atoms with Gasteiger partial charge in [-0.2, -0.15) is 8.78 Å². The van der Waals surface area contributed by atoms with Gasteiger partial charge in [0.2, 0.25) is 0 Å². The van der Waals surface area contributed by atoms with Crippen LogP contribution in [-0.2, 0) is 12.3 Å². The lowest BCUT2D eigenvalue weighted by Crippen LogP contribution is -2.41. The molecule has 3 N–H and O–H groups in total. The van der Waals surface area contributed by atoms with E-state index < -0.39 is 5.92 Å². The Kier molecular flexibility index (Phi) is 4.88. The van der Waals surface area contributed by atoms with Crippen molar-refractivity contribution in [3.05, 3.63) is 83.3 Å². The molecule has 3 aromatic carbocycles. The van der Waals surface area contributed by atoms with Crippen LogP contribution >= 0.6 is 0 Å². The number of alkyl halides is 2. The van der Waals surface area contributed by atoms with E-state index in [1.165, 1.54) is 43.4 Å². The van der Waals surface area contributed by atoms with Crippen LogP contribution < -0.4 is 10.6 Å². The fraction of sp³-hybridized carbons (Fsp3) is 0.389. The lowest BCUT2D eigenvalue weighted by molar-refractivity contribution is 0.0481. The SMILES string of the molecule is FC1(F)c2cc(-c3ccc4c(c3)CC([C@H]3N[C@@H]5CC[C@H]3C5)=N4)ccc2-c2ccc(-c3cnc([C@@H]4CC5(CC5)CN4)[nH]3)cc21. The predicted molar refractivity (Wildman–Crippen MR) is 164 cm³/mol. The summed E-state index contributed by atoms with van der Waals surface area (Å²) in [5, 5.41) is 7.36. The van der Waals surface area contributed by atoms with Crippen molar-refractivity contribution in [3.8, 4) is 33.5 Å². The smallest absolute Gasteiger partial charge is 0.299 e. The number of rotatable bonds is 4. The molecular weight excluding hydrogens is 540 g/mol. The summed E-state index contributed by atoms with van der Waals surface area (Å²) in [5.41, 5.74) is 8.57. The first-order valence-corrected chi connectivity index (χ1v) is 15.9. The van der Waals surface area contributed by atoms with Crippen LogP contribution in [-0.4, -0.2) is 34.3 Å². The maximum Gasteiger partial charge on any atom is 0.299 e. The van der Waals surface area contributed by atoms with E-state index in [4.69, 9.17) is 4.99 Å². The van der Waals surface area contributed by atoms with Gasteiger partial charge in [-0.05, 0) is 102 Å². The molecule has 5 nitrogen and oxygen atoms in total. The molecule has 2 saturated carbocycles. The first-order chi connectivity index (χ1) is 20.9. The maximum absolute atomic E-state index is 16.1. The van der Waals surface area contributed by atoms with Crippen LogP contribution in [0.5, 0.6) is 0 Å². The summed E-state index contributed by atoms with van der Waals surface area (Å²) in [7, 11) is 0. The normalized spacial score (nSPS) is 28.3. The van der Waals surface area contributed by atoms with Crippen molar-refractivity contribution in [1.29, 1.82) is 0 Å². The third-order valence-electron chi connectivity index (χ3n) is 11.3. The van der Waals surface area contributed by atoms with Crippen molar-refractivity contribution in [3.63, 3.8) is 0 Å². The fourth-order valence-electron chi connectivity index (χ4n) is 8.71. The highest BCUT2D eigenvalue weighted by molar-refractivity contribution is 5.99.